The fourth-order valence-corrected chi connectivity index (χ4v) is 4.81. The number of alkyl halides is 1. The van der Waals surface area contributed by atoms with Crippen molar-refractivity contribution in [2.75, 3.05) is 0 Å². The first-order chi connectivity index (χ1) is 16.5. The van der Waals surface area contributed by atoms with Crippen LogP contribution in [-0.4, -0.2) is 14.9 Å². The quantitative estimate of drug-likeness (QED) is 0.160. The summed E-state index contributed by atoms with van der Waals surface area (Å²) in [6, 6.07) is 12.0. The topological polar surface area (TPSA) is 68.9 Å². The molecular weight excluding hydrogens is 473 g/mol. The van der Waals surface area contributed by atoms with Gasteiger partial charge in [-0.3, -0.25) is 20.1 Å². The van der Waals surface area contributed by atoms with E-state index in [1.807, 2.05) is 49.7 Å². The SMILES string of the molecule is CC.Cc1ccc([N+](=O)[O-])cc1F.ClCc1ccc(-c2cc3nccc(C4CCC4)c3s2)nc1. The Labute approximate surface area is 207 Å². The minimum absolute atomic E-state index is 0.215. The van der Waals surface area contributed by atoms with Gasteiger partial charge in [0.05, 0.1) is 31.8 Å². The van der Waals surface area contributed by atoms with E-state index in [4.69, 9.17) is 11.6 Å². The van der Waals surface area contributed by atoms with E-state index in [1.54, 1.807) is 6.92 Å². The van der Waals surface area contributed by atoms with Crippen molar-refractivity contribution >= 4 is 38.8 Å². The molecule has 1 aromatic carbocycles. The second-order valence-electron chi connectivity index (χ2n) is 7.73. The van der Waals surface area contributed by atoms with Crippen molar-refractivity contribution in [1.82, 2.24) is 9.97 Å². The van der Waals surface area contributed by atoms with Gasteiger partial charge in [-0.05, 0) is 66.6 Å². The molecule has 0 aliphatic heterocycles. The van der Waals surface area contributed by atoms with E-state index in [1.165, 1.54) is 46.5 Å². The van der Waals surface area contributed by atoms with E-state index in [0.29, 0.717) is 11.4 Å². The molecule has 3 aromatic heterocycles. The molecule has 0 radical (unpaired) electrons. The molecular formula is C26H27ClFN3O2S. The van der Waals surface area contributed by atoms with Crippen LogP contribution in [0.2, 0.25) is 0 Å². The molecule has 0 N–H and O–H groups in total. The molecule has 0 amide bonds. The second-order valence-corrected chi connectivity index (χ2v) is 9.05. The molecule has 8 heteroatoms. The Kier molecular flexibility index (Phi) is 9.07. The van der Waals surface area contributed by atoms with E-state index >= 15 is 0 Å². The van der Waals surface area contributed by atoms with Crippen LogP contribution in [-0.2, 0) is 5.88 Å². The highest BCUT2D eigenvalue weighted by molar-refractivity contribution is 7.22. The number of hydrogen-bond donors (Lipinski definition) is 0. The van der Waals surface area contributed by atoms with E-state index < -0.39 is 10.7 Å². The van der Waals surface area contributed by atoms with Gasteiger partial charge in [0, 0.05) is 24.3 Å². The van der Waals surface area contributed by atoms with Crippen LogP contribution in [0.4, 0.5) is 10.1 Å². The summed E-state index contributed by atoms with van der Waals surface area (Å²) in [5.74, 6) is 0.695. The lowest BCUT2D eigenvalue weighted by Crippen LogP contribution is -2.08. The van der Waals surface area contributed by atoms with Gasteiger partial charge in [0.2, 0.25) is 0 Å². The molecule has 0 atom stereocenters. The predicted molar refractivity (Wildman–Crippen MR) is 138 cm³/mol. The number of pyridine rings is 2. The number of nitro benzene ring substituents is 1. The Balaban J connectivity index is 0.000000212. The van der Waals surface area contributed by atoms with Gasteiger partial charge in [-0.1, -0.05) is 26.3 Å². The fraction of sp³-hybridized carbons (Fsp3) is 0.308. The number of aromatic nitrogens is 2. The lowest BCUT2D eigenvalue weighted by Gasteiger charge is -2.25. The van der Waals surface area contributed by atoms with Crippen LogP contribution in [0, 0.1) is 22.9 Å². The Morgan fingerprint density at radius 3 is 2.47 bits per heavy atom. The van der Waals surface area contributed by atoms with Crippen molar-refractivity contribution < 1.29 is 9.31 Å². The highest BCUT2D eigenvalue weighted by Gasteiger charge is 2.22. The average Bonchev–Trinajstić information content (AvgIpc) is 3.27. The molecule has 178 valence electrons. The average molecular weight is 500 g/mol. The van der Waals surface area contributed by atoms with Gasteiger partial charge in [-0.2, -0.15) is 0 Å². The molecule has 5 nitrogen and oxygen atoms in total. The Morgan fingerprint density at radius 2 is 1.91 bits per heavy atom. The minimum Gasteiger partial charge on any atom is -0.258 e. The molecule has 5 rings (SSSR count). The number of nitro groups is 1. The van der Waals surface area contributed by atoms with Gasteiger partial charge < -0.3 is 0 Å². The maximum Gasteiger partial charge on any atom is 0.272 e. The second kappa shape index (κ2) is 12.0. The molecule has 1 aliphatic carbocycles. The number of nitrogens with zero attached hydrogens (tertiary/aromatic N) is 3. The summed E-state index contributed by atoms with van der Waals surface area (Å²) < 4.78 is 14.0. The summed E-state index contributed by atoms with van der Waals surface area (Å²) in [6.45, 7) is 5.55. The molecule has 1 fully saturated rings. The summed E-state index contributed by atoms with van der Waals surface area (Å²) in [5.41, 5.74) is 4.83. The van der Waals surface area contributed by atoms with Crippen LogP contribution < -0.4 is 0 Å². The third-order valence-corrected chi connectivity index (χ3v) is 7.09. The van der Waals surface area contributed by atoms with Gasteiger partial charge in [0.25, 0.3) is 5.69 Å². The number of benzene rings is 1. The minimum atomic E-state index is -0.622. The molecule has 0 spiro atoms. The number of fused-ring (bicyclic) bond motifs is 1. The third-order valence-electron chi connectivity index (χ3n) is 5.59. The van der Waals surface area contributed by atoms with Crippen molar-refractivity contribution in [3.05, 3.63) is 87.5 Å². The van der Waals surface area contributed by atoms with Gasteiger partial charge in [-0.25, -0.2) is 4.39 Å². The number of thiophene rings is 1. The van der Waals surface area contributed by atoms with E-state index in [2.05, 4.69) is 22.1 Å². The molecule has 34 heavy (non-hydrogen) atoms. The van der Waals surface area contributed by atoms with E-state index in [0.717, 1.165) is 28.8 Å². The Hall–Kier alpha value is -2.90. The summed E-state index contributed by atoms with van der Waals surface area (Å²) in [4.78, 5) is 19.7. The van der Waals surface area contributed by atoms with Crippen molar-refractivity contribution in [1.29, 1.82) is 0 Å². The van der Waals surface area contributed by atoms with Crippen molar-refractivity contribution in [2.45, 2.75) is 51.8 Å². The van der Waals surface area contributed by atoms with Crippen molar-refractivity contribution in [3.8, 4) is 10.6 Å². The molecule has 4 aromatic rings. The van der Waals surface area contributed by atoms with Crippen LogP contribution in [0.15, 0.2) is 54.9 Å². The van der Waals surface area contributed by atoms with Crippen molar-refractivity contribution in [3.63, 3.8) is 0 Å². The Morgan fingerprint density at radius 1 is 1.15 bits per heavy atom. The van der Waals surface area contributed by atoms with Gasteiger partial charge in [0.15, 0.2) is 0 Å². The standard InChI is InChI=1S/C17H15ClN2S.C7H6FNO2.C2H6/c18-9-11-4-5-14(20-10-11)16-8-15-17(21-16)13(6-7-19-15)12-2-1-3-12;1-5-2-3-6(9(10)11)4-7(5)8;1-2/h4-8,10,12H,1-3,9H2;2-4H,1H3;1-2H3. The maximum absolute atomic E-state index is 12.6. The highest BCUT2D eigenvalue weighted by atomic mass is 35.5. The normalized spacial score (nSPS) is 12.7. The lowest BCUT2D eigenvalue weighted by atomic mass is 9.80. The van der Waals surface area contributed by atoms with Gasteiger partial charge in [0.1, 0.15) is 5.82 Å². The van der Waals surface area contributed by atoms with Crippen LogP contribution in [0.3, 0.4) is 0 Å². The first-order valence-electron chi connectivity index (χ1n) is 11.3. The number of hydrogen-bond acceptors (Lipinski definition) is 5. The molecule has 3 heterocycles. The van der Waals surface area contributed by atoms with Crippen molar-refractivity contribution in [2.24, 2.45) is 0 Å². The molecule has 0 unspecified atom stereocenters. The van der Waals surface area contributed by atoms with E-state index in [-0.39, 0.29) is 5.69 Å². The number of rotatable bonds is 4. The summed E-state index contributed by atoms with van der Waals surface area (Å²) in [6.07, 6.45) is 7.78. The van der Waals surface area contributed by atoms with Gasteiger partial charge in [-0.15, -0.1) is 22.9 Å². The first kappa shape index (κ1) is 25.7. The molecule has 0 saturated heterocycles. The summed E-state index contributed by atoms with van der Waals surface area (Å²) in [7, 11) is 0. The zero-order valence-electron chi connectivity index (χ0n) is 19.4. The van der Waals surface area contributed by atoms with E-state index in [9.17, 15) is 14.5 Å². The summed E-state index contributed by atoms with van der Waals surface area (Å²) >= 11 is 7.63. The first-order valence-corrected chi connectivity index (χ1v) is 12.6. The van der Waals surface area contributed by atoms with Gasteiger partial charge >= 0.3 is 0 Å². The maximum atomic E-state index is 12.6. The third kappa shape index (κ3) is 5.96. The number of non-ortho nitro benzene ring substituents is 1. The number of aryl methyl sites for hydroxylation is 1. The van der Waals surface area contributed by atoms with Crippen LogP contribution in [0.5, 0.6) is 0 Å². The molecule has 1 aliphatic rings. The summed E-state index contributed by atoms with van der Waals surface area (Å²) in [5, 5.41) is 10.1. The highest BCUT2D eigenvalue weighted by Crippen LogP contribution is 2.43. The van der Waals surface area contributed by atoms with Crippen LogP contribution in [0.25, 0.3) is 20.8 Å². The largest absolute Gasteiger partial charge is 0.272 e. The van der Waals surface area contributed by atoms with Crippen LogP contribution >= 0.6 is 22.9 Å². The zero-order chi connectivity index (χ0) is 24.7. The van der Waals surface area contributed by atoms with Crippen LogP contribution in [0.1, 0.15) is 55.7 Å². The molecule has 0 bridgehead atoms. The smallest absolute Gasteiger partial charge is 0.258 e. The molecule has 1 saturated carbocycles. The Bertz CT molecular complexity index is 1260. The fourth-order valence-electron chi connectivity index (χ4n) is 3.47. The zero-order valence-corrected chi connectivity index (χ0v) is 21.0. The number of halogens is 2. The predicted octanol–water partition coefficient (Wildman–Crippen LogP) is 8.43. The monoisotopic (exact) mass is 499 g/mol. The lowest BCUT2D eigenvalue weighted by molar-refractivity contribution is -0.385.